The molecule has 0 saturated carbocycles. The van der Waals surface area contributed by atoms with Crippen LogP contribution in [0, 0.1) is 6.54 Å². The third-order valence-corrected chi connectivity index (χ3v) is 8.10. The molecule has 0 unspecified atom stereocenters. The van der Waals surface area contributed by atoms with E-state index in [-0.39, 0.29) is 17.8 Å². The Morgan fingerprint density at radius 1 is 1.00 bits per heavy atom. The normalized spacial score (nSPS) is 15.7. The highest BCUT2D eigenvalue weighted by Crippen LogP contribution is 2.38. The number of carbonyl (C=O) groups is 1. The predicted octanol–water partition coefficient (Wildman–Crippen LogP) is 5.97. The molecule has 4 rings (SSSR count). The van der Waals surface area contributed by atoms with Gasteiger partial charge in [-0.25, -0.2) is 0 Å². The molecule has 3 aromatic rings. The maximum Gasteiger partial charge on any atom is 0.307 e. The molecule has 0 bridgehead atoms. The summed E-state index contributed by atoms with van der Waals surface area (Å²) in [5, 5.41) is 15.3. The third-order valence-electron chi connectivity index (χ3n) is 7.85. The van der Waals surface area contributed by atoms with Crippen molar-refractivity contribution in [3.05, 3.63) is 113 Å². The number of esters is 1. The lowest BCUT2D eigenvalue weighted by atomic mass is 9.71. The molecule has 5 nitrogen and oxygen atoms in total. The molecular formula is C33H39ClN2O3. The van der Waals surface area contributed by atoms with E-state index < -0.39 is 5.60 Å². The average molecular weight is 547 g/mol. The van der Waals surface area contributed by atoms with E-state index in [1.54, 1.807) is 0 Å². The highest BCUT2D eigenvalue weighted by molar-refractivity contribution is 6.30. The molecule has 0 atom stereocenters. The molecule has 0 aliphatic carbocycles. The fourth-order valence-corrected chi connectivity index (χ4v) is 5.75. The highest BCUT2D eigenvalue weighted by atomic mass is 35.5. The Bertz CT molecular complexity index is 1110. The first-order valence-electron chi connectivity index (χ1n) is 13.9. The lowest BCUT2D eigenvalue weighted by molar-refractivity contribution is -0.142. The van der Waals surface area contributed by atoms with Crippen molar-refractivity contribution in [3.63, 3.8) is 0 Å². The maximum absolute atomic E-state index is 11.9. The van der Waals surface area contributed by atoms with Crippen LogP contribution in [0.3, 0.4) is 0 Å². The molecule has 0 amide bonds. The Morgan fingerprint density at radius 2 is 1.59 bits per heavy atom. The number of nitrogens with zero attached hydrogens (tertiary/aromatic N) is 1. The summed E-state index contributed by atoms with van der Waals surface area (Å²) in [5.74, 6) is -0.279. The fraction of sp³-hybridized carbons (Fsp3) is 0.394. The van der Waals surface area contributed by atoms with Gasteiger partial charge in [-0.1, -0.05) is 84.4 Å². The van der Waals surface area contributed by atoms with Crippen molar-refractivity contribution in [2.75, 3.05) is 32.8 Å². The number of hydrogen-bond donors (Lipinski definition) is 2. The smallest absolute Gasteiger partial charge is 0.307 e. The van der Waals surface area contributed by atoms with Gasteiger partial charge in [0.15, 0.2) is 0 Å². The second kappa shape index (κ2) is 14.1. The van der Waals surface area contributed by atoms with Crippen LogP contribution >= 0.6 is 11.6 Å². The summed E-state index contributed by atoms with van der Waals surface area (Å²) < 4.78 is 5.05. The van der Waals surface area contributed by atoms with E-state index >= 15 is 0 Å². The Morgan fingerprint density at radius 3 is 2.15 bits per heavy atom. The second-order valence-electron chi connectivity index (χ2n) is 10.3. The number of ether oxygens (including phenoxy) is 1. The van der Waals surface area contributed by atoms with Crippen molar-refractivity contribution < 1.29 is 14.6 Å². The van der Waals surface area contributed by atoms with Gasteiger partial charge in [0, 0.05) is 30.1 Å². The van der Waals surface area contributed by atoms with E-state index in [2.05, 4.69) is 65.3 Å². The number of piperidine rings is 1. The van der Waals surface area contributed by atoms with Gasteiger partial charge in [-0.05, 0) is 68.0 Å². The molecule has 1 aliphatic rings. The number of nitrogens with one attached hydrogen (secondary N) is 1. The first-order valence-corrected chi connectivity index (χ1v) is 14.3. The van der Waals surface area contributed by atoms with Gasteiger partial charge in [0.2, 0.25) is 0 Å². The predicted molar refractivity (Wildman–Crippen MR) is 156 cm³/mol. The number of likely N-dealkylation sites (tertiary alicyclic amines) is 1. The molecule has 6 heteroatoms. The number of rotatable bonds is 13. The van der Waals surface area contributed by atoms with Crippen molar-refractivity contribution in [3.8, 4) is 0 Å². The zero-order valence-corrected chi connectivity index (χ0v) is 23.5. The van der Waals surface area contributed by atoms with Gasteiger partial charge in [0.25, 0.3) is 0 Å². The van der Waals surface area contributed by atoms with Crippen molar-refractivity contribution in [2.45, 2.75) is 50.0 Å². The van der Waals surface area contributed by atoms with Gasteiger partial charge >= 0.3 is 5.97 Å². The van der Waals surface area contributed by atoms with Crippen LogP contribution in [0.25, 0.3) is 0 Å². The van der Waals surface area contributed by atoms with Crippen LogP contribution in [0.4, 0.5) is 0 Å². The Labute approximate surface area is 238 Å². The van der Waals surface area contributed by atoms with Gasteiger partial charge in [0.1, 0.15) is 0 Å². The number of hydrogen-bond acceptors (Lipinski definition) is 5. The van der Waals surface area contributed by atoms with Crippen LogP contribution in [0.5, 0.6) is 0 Å². The third kappa shape index (κ3) is 7.70. The molecule has 2 radical (unpaired) electrons. The minimum Gasteiger partial charge on any atom is -0.466 e. The molecule has 1 aliphatic heterocycles. The average Bonchev–Trinajstić information content (AvgIpc) is 2.97. The van der Waals surface area contributed by atoms with Gasteiger partial charge in [0.05, 0.1) is 25.2 Å². The number of benzene rings is 3. The van der Waals surface area contributed by atoms with Gasteiger partial charge < -0.3 is 20.1 Å². The number of aliphatic hydroxyl groups is 1. The van der Waals surface area contributed by atoms with Crippen molar-refractivity contribution >= 4 is 17.6 Å². The minimum atomic E-state index is -0.798. The summed E-state index contributed by atoms with van der Waals surface area (Å²) in [6.07, 6.45) is 3.43. The Balaban J connectivity index is 1.43. The Hall–Kier alpha value is -2.70. The van der Waals surface area contributed by atoms with E-state index in [9.17, 15) is 9.90 Å². The van der Waals surface area contributed by atoms with Crippen LogP contribution in [-0.2, 0) is 20.5 Å². The quantitative estimate of drug-likeness (QED) is 0.157. The van der Waals surface area contributed by atoms with Crippen LogP contribution in [-0.4, -0.2) is 48.8 Å². The summed E-state index contributed by atoms with van der Waals surface area (Å²) in [6.45, 7) is 8.51. The largest absolute Gasteiger partial charge is 0.466 e. The zero-order valence-electron chi connectivity index (χ0n) is 22.7. The molecule has 0 spiro atoms. The molecule has 1 heterocycles. The summed E-state index contributed by atoms with van der Waals surface area (Å²) in [6, 6.07) is 28.8. The zero-order chi connectivity index (χ0) is 27.6. The SMILES string of the molecule is CCOC(=O)C[C]NCC(CCCN1CCC(O)(c2ccc(Cl)cc2)CC1)(c1ccccc1)c1ccccc1. The molecule has 0 aromatic heterocycles. The summed E-state index contributed by atoms with van der Waals surface area (Å²) in [5.41, 5.74) is 2.33. The fourth-order valence-electron chi connectivity index (χ4n) is 5.62. The highest BCUT2D eigenvalue weighted by Gasteiger charge is 2.36. The molecule has 2 N–H and O–H groups in total. The van der Waals surface area contributed by atoms with E-state index in [0.717, 1.165) is 38.0 Å². The first kappa shape index (κ1) is 29.3. The maximum atomic E-state index is 11.9. The standard InChI is InChI=1S/C33H39ClN2O3/c1-2-39-31(37)18-22-35-26-32(27-10-5-3-6-11-27,28-12-7-4-8-13-28)19-9-23-36-24-20-33(38,21-25-36)29-14-16-30(34)17-15-29/h3-8,10-17,35,38H,2,9,18-21,23-26H2,1H3. The molecule has 3 aromatic carbocycles. The summed E-state index contributed by atoms with van der Waals surface area (Å²) in [7, 11) is 0. The van der Waals surface area contributed by atoms with Gasteiger partial charge in [-0.3, -0.25) is 4.79 Å². The number of carbonyl (C=O) groups excluding carboxylic acids is 1. The van der Waals surface area contributed by atoms with Crippen LogP contribution < -0.4 is 5.32 Å². The first-order chi connectivity index (χ1) is 18.9. The molecule has 1 fully saturated rings. The molecular weight excluding hydrogens is 508 g/mol. The molecule has 1 saturated heterocycles. The van der Waals surface area contributed by atoms with Crippen molar-refractivity contribution in [1.29, 1.82) is 0 Å². The summed E-state index contributed by atoms with van der Waals surface area (Å²) >= 11 is 6.05. The van der Waals surface area contributed by atoms with Crippen LogP contribution in [0.15, 0.2) is 84.9 Å². The van der Waals surface area contributed by atoms with E-state index in [0.29, 0.717) is 31.0 Å². The Kier molecular flexibility index (Phi) is 10.6. The molecule has 39 heavy (non-hydrogen) atoms. The second-order valence-corrected chi connectivity index (χ2v) is 10.7. The minimum absolute atomic E-state index is 0.109. The van der Waals surface area contributed by atoms with Crippen LogP contribution in [0.1, 0.15) is 55.7 Å². The monoisotopic (exact) mass is 546 g/mol. The number of halogens is 1. The lowest BCUT2D eigenvalue weighted by Crippen LogP contribution is -2.44. The lowest BCUT2D eigenvalue weighted by Gasteiger charge is -2.40. The van der Waals surface area contributed by atoms with E-state index in [4.69, 9.17) is 16.3 Å². The van der Waals surface area contributed by atoms with Gasteiger partial charge in [-0.15, -0.1) is 0 Å². The summed E-state index contributed by atoms with van der Waals surface area (Å²) in [4.78, 5) is 14.3. The van der Waals surface area contributed by atoms with Gasteiger partial charge in [-0.2, -0.15) is 0 Å². The van der Waals surface area contributed by atoms with Crippen molar-refractivity contribution in [2.24, 2.45) is 0 Å². The van der Waals surface area contributed by atoms with E-state index in [1.165, 1.54) is 11.1 Å². The van der Waals surface area contributed by atoms with Crippen LogP contribution in [0.2, 0.25) is 5.02 Å². The topological polar surface area (TPSA) is 61.8 Å². The van der Waals surface area contributed by atoms with E-state index in [1.807, 2.05) is 43.3 Å². The van der Waals surface area contributed by atoms with Crippen molar-refractivity contribution in [1.82, 2.24) is 10.2 Å². The molecule has 206 valence electrons.